The third kappa shape index (κ3) is 10.9. The first kappa shape index (κ1) is 26.6. The summed E-state index contributed by atoms with van der Waals surface area (Å²) < 4.78 is 6.85. The third-order valence-electron chi connectivity index (χ3n) is 3.92. The molecule has 1 aromatic rings. The molecule has 0 spiro atoms. The number of amides is 3. The minimum Gasteiger partial charge on any atom is -0.354 e. The van der Waals surface area contributed by atoms with Gasteiger partial charge in [-0.3, -0.25) is 4.79 Å². The van der Waals surface area contributed by atoms with Crippen LogP contribution >= 0.6 is 39.2 Å². The summed E-state index contributed by atoms with van der Waals surface area (Å²) in [6.07, 6.45) is 2.39. The number of halogens is 1. The molecule has 3 N–H and O–H groups in total. The van der Waals surface area contributed by atoms with Crippen molar-refractivity contribution in [1.29, 1.82) is 0 Å². The molecule has 0 bridgehead atoms. The Kier molecular flexibility index (Phi) is 12.6. The van der Waals surface area contributed by atoms with Crippen molar-refractivity contribution < 1.29 is 14.1 Å². The van der Waals surface area contributed by atoms with E-state index >= 15 is 0 Å². The van der Waals surface area contributed by atoms with E-state index in [0.717, 1.165) is 16.8 Å². The van der Waals surface area contributed by atoms with E-state index in [9.17, 15) is 9.59 Å². The molecular formula is C19H33BrN3O3P3. The first-order valence-electron chi connectivity index (χ1n) is 9.82. The molecule has 0 saturated heterocycles. The average molecular weight is 524 g/mol. The van der Waals surface area contributed by atoms with Gasteiger partial charge in [0.15, 0.2) is 0 Å². The molecule has 2 unspecified atom stereocenters. The van der Waals surface area contributed by atoms with Crippen LogP contribution in [0.15, 0.2) is 28.7 Å². The molecule has 10 heteroatoms. The molecule has 0 aliphatic carbocycles. The van der Waals surface area contributed by atoms with Gasteiger partial charge in [0, 0.05) is 35.9 Å². The molecule has 6 nitrogen and oxygen atoms in total. The maximum Gasteiger partial charge on any atom is 0.319 e. The summed E-state index contributed by atoms with van der Waals surface area (Å²) in [5.41, 5.74) is 0.667. The Morgan fingerprint density at radius 2 is 1.90 bits per heavy atom. The Hall–Kier alpha value is -0.440. The average Bonchev–Trinajstić information content (AvgIpc) is 2.63. The molecule has 3 atom stereocenters. The van der Waals surface area contributed by atoms with Crippen molar-refractivity contribution in [3.63, 3.8) is 0 Å². The van der Waals surface area contributed by atoms with Gasteiger partial charge in [-0.1, -0.05) is 53.5 Å². The van der Waals surface area contributed by atoms with E-state index in [0.29, 0.717) is 33.5 Å². The minimum atomic E-state index is -1.65. The Morgan fingerprint density at radius 3 is 2.45 bits per heavy atom. The lowest BCUT2D eigenvalue weighted by molar-refractivity contribution is -0.123. The van der Waals surface area contributed by atoms with Crippen LogP contribution in [0.2, 0.25) is 0 Å². The van der Waals surface area contributed by atoms with Gasteiger partial charge < -0.3 is 20.5 Å². The number of carbonyl (C=O) groups excluding carboxylic acids is 2. The van der Waals surface area contributed by atoms with Gasteiger partial charge in [0.1, 0.15) is 6.04 Å². The van der Waals surface area contributed by atoms with E-state index < -0.39 is 18.5 Å². The predicted octanol–water partition coefficient (Wildman–Crippen LogP) is 5.74. The van der Waals surface area contributed by atoms with Crippen molar-refractivity contribution in [2.45, 2.75) is 40.2 Å². The Morgan fingerprint density at radius 1 is 1.24 bits per heavy atom. The van der Waals surface area contributed by atoms with Gasteiger partial charge >= 0.3 is 6.03 Å². The lowest BCUT2D eigenvalue weighted by atomic mass is 10.0. The molecular weight excluding hydrogens is 491 g/mol. The van der Waals surface area contributed by atoms with E-state index in [1.54, 1.807) is 12.1 Å². The van der Waals surface area contributed by atoms with Crippen LogP contribution in [-0.4, -0.2) is 43.5 Å². The van der Waals surface area contributed by atoms with Crippen LogP contribution in [0.3, 0.4) is 0 Å². The summed E-state index contributed by atoms with van der Waals surface area (Å²) in [6.45, 7) is 7.71. The van der Waals surface area contributed by atoms with Crippen LogP contribution in [0.5, 0.6) is 0 Å². The molecule has 29 heavy (non-hydrogen) atoms. The van der Waals surface area contributed by atoms with Gasteiger partial charge in [-0.15, -0.1) is 0 Å². The quantitative estimate of drug-likeness (QED) is 0.305. The van der Waals surface area contributed by atoms with Crippen molar-refractivity contribution in [3.8, 4) is 0 Å². The number of hydrogen-bond acceptors (Lipinski definition) is 3. The smallest absolute Gasteiger partial charge is 0.319 e. The van der Waals surface area contributed by atoms with Crippen LogP contribution in [0.25, 0.3) is 0 Å². The zero-order valence-electron chi connectivity index (χ0n) is 17.5. The van der Waals surface area contributed by atoms with Gasteiger partial charge in [0.2, 0.25) is 5.91 Å². The lowest BCUT2D eigenvalue weighted by Gasteiger charge is -2.24. The standard InChI is InChI=1S/C19H33BrN3O3P3/c1-5-26-29(27,28-6-2)12-11-21-18(24)17(13-14(3)4)23-19(25)22-16-9-7-15(20)8-10-16/h7-10,14,17,27-28H,5-6,11-13H2,1-4H3,(H,21,24)(H2,22,23,25)/t17-,29?/m0/s1. The SMILES string of the molecule is CCOP(=P)(CCNC(=O)[C@H](CC(C)C)NC(=O)Nc1ccc(Br)cc1)PCC. The van der Waals surface area contributed by atoms with Crippen LogP contribution in [0.1, 0.15) is 34.1 Å². The number of rotatable bonds is 12. The largest absolute Gasteiger partial charge is 0.354 e. The van der Waals surface area contributed by atoms with Crippen LogP contribution < -0.4 is 16.0 Å². The van der Waals surface area contributed by atoms with Crippen molar-refractivity contribution in [2.24, 2.45) is 5.92 Å². The highest BCUT2D eigenvalue weighted by atomic mass is 79.9. The predicted molar refractivity (Wildman–Crippen MR) is 133 cm³/mol. The molecule has 0 aromatic heterocycles. The fourth-order valence-electron chi connectivity index (χ4n) is 2.69. The topological polar surface area (TPSA) is 79.5 Å². The molecule has 3 amide bonds. The van der Waals surface area contributed by atoms with Crippen molar-refractivity contribution in [3.05, 3.63) is 28.7 Å². The number of nitrogens with one attached hydrogen (secondary N) is 3. The summed E-state index contributed by atoms with van der Waals surface area (Å²) in [5, 5.41) is 8.54. The normalized spacial score (nSPS) is 14.6. The third-order valence-corrected chi connectivity index (χ3v) is 12.8. The lowest BCUT2D eigenvalue weighted by Crippen LogP contribution is -2.49. The second-order valence-corrected chi connectivity index (χ2v) is 17.7. The second kappa shape index (κ2) is 13.8. The molecule has 1 aromatic carbocycles. The number of benzene rings is 1. The number of urea groups is 1. The van der Waals surface area contributed by atoms with Gasteiger partial charge in [-0.25, -0.2) is 4.79 Å². The molecule has 1 rings (SSSR count). The zero-order chi connectivity index (χ0) is 21.9. The van der Waals surface area contributed by atoms with Gasteiger partial charge in [0.05, 0.1) is 0 Å². The van der Waals surface area contributed by atoms with Crippen molar-refractivity contribution in [1.82, 2.24) is 10.6 Å². The summed E-state index contributed by atoms with van der Waals surface area (Å²) >= 11 is 3.36. The number of anilines is 1. The highest BCUT2D eigenvalue weighted by Crippen LogP contribution is 2.68. The van der Waals surface area contributed by atoms with Gasteiger partial charge in [-0.05, 0) is 49.7 Å². The Balaban J connectivity index is 2.63. The van der Waals surface area contributed by atoms with E-state index in [1.165, 1.54) is 0 Å². The van der Waals surface area contributed by atoms with E-state index in [2.05, 4.69) is 47.3 Å². The fraction of sp³-hybridized carbons (Fsp3) is 0.579. The van der Waals surface area contributed by atoms with Crippen LogP contribution in [0, 0.1) is 5.92 Å². The molecule has 0 aliphatic heterocycles. The highest BCUT2D eigenvalue weighted by molar-refractivity contribution is 9.10. The van der Waals surface area contributed by atoms with E-state index in [4.69, 9.17) is 4.52 Å². The zero-order valence-corrected chi connectivity index (χ0v) is 22.0. The molecule has 0 saturated carbocycles. The summed E-state index contributed by atoms with van der Waals surface area (Å²) in [5.74, 6) is 0.102. The van der Waals surface area contributed by atoms with Crippen molar-refractivity contribution >= 4 is 56.8 Å². The molecule has 0 fully saturated rings. The Bertz CT molecular complexity index is 692. The van der Waals surface area contributed by atoms with E-state index in [1.807, 2.05) is 32.9 Å². The summed E-state index contributed by atoms with van der Waals surface area (Å²) in [4.78, 5) is 25.1. The first-order chi connectivity index (χ1) is 13.7. The molecule has 0 aliphatic rings. The maximum atomic E-state index is 12.7. The fourth-order valence-corrected chi connectivity index (χ4v) is 9.86. The highest BCUT2D eigenvalue weighted by Gasteiger charge is 2.23. The van der Waals surface area contributed by atoms with Gasteiger partial charge in [-0.2, -0.15) is 0 Å². The number of carbonyl (C=O) groups is 2. The molecule has 0 heterocycles. The number of hydrogen-bond donors (Lipinski definition) is 3. The molecule has 164 valence electrons. The Labute approximate surface area is 187 Å². The second-order valence-electron chi connectivity index (χ2n) is 6.97. The van der Waals surface area contributed by atoms with E-state index in [-0.39, 0.29) is 11.8 Å². The first-order valence-corrected chi connectivity index (χ1v) is 15.9. The minimum absolute atomic E-state index is 0.167. The summed E-state index contributed by atoms with van der Waals surface area (Å²) in [6, 6.07) is 6.30. The maximum absolute atomic E-state index is 12.7. The van der Waals surface area contributed by atoms with Crippen LogP contribution in [-0.2, 0) is 9.32 Å². The van der Waals surface area contributed by atoms with Crippen LogP contribution in [0.4, 0.5) is 10.5 Å². The monoisotopic (exact) mass is 523 g/mol. The van der Waals surface area contributed by atoms with Crippen molar-refractivity contribution in [2.75, 3.05) is 30.8 Å². The van der Waals surface area contributed by atoms with Gasteiger partial charge in [0.25, 0.3) is 0 Å². The summed E-state index contributed by atoms with van der Waals surface area (Å²) in [7, 11) is 4.55. The molecule has 0 radical (unpaired) electrons.